The Morgan fingerprint density at radius 1 is 0.769 bits per heavy atom. The molecule has 6 aliphatic rings. The summed E-state index contributed by atoms with van der Waals surface area (Å²) in [5.41, 5.74) is -0.733. The summed E-state index contributed by atoms with van der Waals surface area (Å²) in [6, 6.07) is 9.24. The van der Waals surface area contributed by atoms with Crippen LogP contribution in [0, 0.1) is 50.7 Å². The Bertz CT molecular complexity index is 1600. The number of ether oxygens (including phenoxy) is 5. The average molecular weight is 721 g/mol. The molecule has 0 radical (unpaired) electrons. The molecule has 0 amide bonds. The van der Waals surface area contributed by atoms with Gasteiger partial charge in [0.05, 0.1) is 12.2 Å². The maximum atomic E-state index is 13.3. The molecule has 286 valence electrons. The Hall–Kier alpha value is -2.94. The van der Waals surface area contributed by atoms with Gasteiger partial charge in [-0.1, -0.05) is 45.9 Å². The second-order valence-corrected chi connectivity index (χ2v) is 19.0. The molecule has 1 aromatic carbocycles. The van der Waals surface area contributed by atoms with E-state index in [4.69, 9.17) is 23.7 Å². The van der Waals surface area contributed by atoms with Crippen LogP contribution in [0.4, 0.5) is 0 Å². The highest BCUT2D eigenvalue weighted by Crippen LogP contribution is 2.91. The van der Waals surface area contributed by atoms with Crippen molar-refractivity contribution in [2.75, 3.05) is 6.61 Å². The summed E-state index contributed by atoms with van der Waals surface area (Å²) in [4.78, 5) is 50.5. The molecule has 1 saturated heterocycles. The number of carbonyl (C=O) groups is 4. The molecule has 0 N–H and O–H groups in total. The zero-order chi connectivity index (χ0) is 37.6. The Kier molecular flexibility index (Phi) is 9.03. The smallest absolute Gasteiger partial charge is 0.338 e. The van der Waals surface area contributed by atoms with Gasteiger partial charge in [0, 0.05) is 31.6 Å². The molecular weight excluding hydrogens is 660 g/mol. The highest BCUT2D eigenvalue weighted by atomic mass is 16.6. The van der Waals surface area contributed by atoms with Gasteiger partial charge < -0.3 is 23.7 Å². The van der Waals surface area contributed by atoms with Crippen LogP contribution in [0.25, 0.3) is 0 Å². The Morgan fingerprint density at radius 2 is 1.46 bits per heavy atom. The van der Waals surface area contributed by atoms with Crippen molar-refractivity contribution in [3.05, 3.63) is 35.9 Å². The van der Waals surface area contributed by atoms with Crippen LogP contribution in [0.2, 0.25) is 0 Å². The van der Waals surface area contributed by atoms with Crippen molar-refractivity contribution in [3.63, 3.8) is 0 Å². The molecule has 6 fully saturated rings. The first-order valence-corrected chi connectivity index (χ1v) is 19.7. The van der Waals surface area contributed by atoms with E-state index in [1.807, 2.05) is 32.0 Å². The predicted molar refractivity (Wildman–Crippen MR) is 193 cm³/mol. The molecule has 5 saturated carbocycles. The summed E-state index contributed by atoms with van der Waals surface area (Å²) < 4.78 is 30.9. The summed E-state index contributed by atoms with van der Waals surface area (Å²) in [5, 5.41) is 0. The standard InChI is InChI=1S/C43H60O9/c1-25(44)49-31-21-29(23-48-36(31)39(6,7)52-27(3)46)30-15-20-43-24-42(30,43)19-16-32-40(8)18-17-34(51-37(47)28-13-11-10-12-14-28)38(4,5)33(40)22-35(41(32,43)9)50-26(2)45/h10-14,29-36H,15-24H2,1-9H3/t29-,30-,31+,32+,33-,34+,35+,36+,40+,41-,42+,43+/m0/s1. The minimum Gasteiger partial charge on any atom is -0.462 e. The fourth-order valence-electron chi connectivity index (χ4n) is 14.1. The first kappa shape index (κ1) is 37.4. The first-order valence-electron chi connectivity index (χ1n) is 19.7. The number of hydrogen-bond acceptors (Lipinski definition) is 9. The summed E-state index contributed by atoms with van der Waals surface area (Å²) in [6.45, 7) is 18.0. The van der Waals surface area contributed by atoms with Crippen LogP contribution >= 0.6 is 0 Å². The first-order chi connectivity index (χ1) is 24.3. The van der Waals surface area contributed by atoms with E-state index in [0.29, 0.717) is 30.4 Å². The molecule has 9 heteroatoms. The second-order valence-electron chi connectivity index (χ2n) is 19.0. The van der Waals surface area contributed by atoms with Crippen LogP contribution in [0.3, 0.4) is 0 Å². The van der Waals surface area contributed by atoms with Gasteiger partial charge in [0.2, 0.25) is 0 Å². The molecule has 1 heterocycles. The van der Waals surface area contributed by atoms with Crippen LogP contribution in [0.1, 0.15) is 130 Å². The van der Waals surface area contributed by atoms with Gasteiger partial charge in [-0.05, 0) is 124 Å². The zero-order valence-electron chi connectivity index (χ0n) is 32.8. The van der Waals surface area contributed by atoms with E-state index >= 15 is 0 Å². The highest BCUT2D eigenvalue weighted by molar-refractivity contribution is 5.89. The van der Waals surface area contributed by atoms with Crippen LogP contribution in [-0.2, 0) is 38.1 Å². The Morgan fingerprint density at radius 3 is 2.12 bits per heavy atom. The zero-order valence-corrected chi connectivity index (χ0v) is 32.8. The lowest BCUT2D eigenvalue weighted by Crippen LogP contribution is -2.67. The molecular formula is C43H60O9. The van der Waals surface area contributed by atoms with Crippen molar-refractivity contribution in [1.82, 2.24) is 0 Å². The van der Waals surface area contributed by atoms with Gasteiger partial charge >= 0.3 is 23.9 Å². The largest absolute Gasteiger partial charge is 0.462 e. The van der Waals surface area contributed by atoms with Crippen molar-refractivity contribution in [1.29, 1.82) is 0 Å². The van der Waals surface area contributed by atoms with E-state index in [9.17, 15) is 19.2 Å². The summed E-state index contributed by atoms with van der Waals surface area (Å²) in [5.74, 6) is -0.108. The van der Waals surface area contributed by atoms with Crippen LogP contribution < -0.4 is 0 Å². The molecule has 52 heavy (non-hydrogen) atoms. The number of carbonyl (C=O) groups excluding carboxylic acids is 4. The normalized spacial score (nSPS) is 43.0. The maximum Gasteiger partial charge on any atom is 0.338 e. The second kappa shape index (κ2) is 12.6. The molecule has 7 rings (SSSR count). The van der Waals surface area contributed by atoms with Crippen molar-refractivity contribution in [2.45, 2.75) is 150 Å². The van der Waals surface area contributed by atoms with Gasteiger partial charge in [0.1, 0.15) is 30.0 Å². The van der Waals surface area contributed by atoms with Crippen molar-refractivity contribution in [3.8, 4) is 0 Å². The van der Waals surface area contributed by atoms with Gasteiger partial charge in [-0.25, -0.2) is 4.79 Å². The number of esters is 4. The third-order valence-corrected chi connectivity index (χ3v) is 16.0. The molecule has 0 spiro atoms. The monoisotopic (exact) mass is 720 g/mol. The molecule has 9 nitrogen and oxygen atoms in total. The van der Waals surface area contributed by atoms with Crippen LogP contribution in [-0.4, -0.2) is 60.5 Å². The van der Waals surface area contributed by atoms with Crippen LogP contribution in [0.15, 0.2) is 30.3 Å². The average Bonchev–Trinajstić information content (AvgIpc) is 3.63. The molecule has 1 aromatic rings. The Labute approximate surface area is 309 Å². The van der Waals surface area contributed by atoms with E-state index in [1.54, 1.807) is 19.1 Å². The van der Waals surface area contributed by atoms with Crippen molar-refractivity contribution >= 4 is 23.9 Å². The fraction of sp³-hybridized carbons (Fsp3) is 0.767. The van der Waals surface area contributed by atoms with E-state index in [2.05, 4.69) is 27.7 Å². The topological polar surface area (TPSA) is 114 Å². The number of benzene rings is 1. The quantitative estimate of drug-likeness (QED) is 0.205. The van der Waals surface area contributed by atoms with E-state index in [0.717, 1.165) is 51.4 Å². The van der Waals surface area contributed by atoms with Gasteiger partial charge in [-0.2, -0.15) is 0 Å². The molecule has 0 unspecified atom stereocenters. The summed E-state index contributed by atoms with van der Waals surface area (Å²) in [6.07, 6.45) is 7.12. The third kappa shape index (κ3) is 5.47. The van der Waals surface area contributed by atoms with Gasteiger partial charge in [0.25, 0.3) is 0 Å². The van der Waals surface area contributed by atoms with Gasteiger partial charge in [-0.15, -0.1) is 0 Å². The lowest BCUT2D eigenvalue weighted by Gasteiger charge is -2.68. The molecule has 0 bridgehead atoms. The van der Waals surface area contributed by atoms with E-state index in [-0.39, 0.29) is 69.0 Å². The number of rotatable bonds is 7. The van der Waals surface area contributed by atoms with Gasteiger partial charge in [0.15, 0.2) is 0 Å². The predicted octanol–water partition coefficient (Wildman–Crippen LogP) is 7.87. The summed E-state index contributed by atoms with van der Waals surface area (Å²) >= 11 is 0. The Balaban J connectivity index is 1.16. The van der Waals surface area contributed by atoms with Crippen LogP contribution in [0.5, 0.6) is 0 Å². The maximum absolute atomic E-state index is 13.3. The molecule has 5 aliphatic carbocycles. The molecule has 0 aromatic heterocycles. The van der Waals surface area contributed by atoms with E-state index in [1.165, 1.54) is 13.8 Å². The highest BCUT2D eigenvalue weighted by Gasteiger charge is 2.86. The number of hydrogen-bond donors (Lipinski definition) is 0. The SMILES string of the molecule is CC(=O)O[C@@H]1C[C@H]([C@@H]2CC[C@]34C[C@]23CC[C@@H]2[C@@]3(C)CC[C@@H](OC(=O)c5ccccc5)C(C)(C)[C@@H]3C[C@@H](OC(C)=O)[C@]24C)CO[C@H]1C(C)(C)OC(C)=O. The molecule has 1 aliphatic heterocycles. The number of fused-ring (bicyclic) bond motifs is 3. The lowest BCUT2D eigenvalue weighted by atomic mass is 9.37. The minimum absolute atomic E-state index is 0.00394. The lowest BCUT2D eigenvalue weighted by molar-refractivity contribution is -0.250. The van der Waals surface area contributed by atoms with E-state index < -0.39 is 23.8 Å². The minimum atomic E-state index is -0.947. The molecule has 12 atom stereocenters. The van der Waals surface area contributed by atoms with Gasteiger partial charge in [-0.3, -0.25) is 14.4 Å². The fourth-order valence-corrected chi connectivity index (χ4v) is 14.1. The van der Waals surface area contributed by atoms with Crippen molar-refractivity contribution in [2.24, 2.45) is 50.7 Å². The van der Waals surface area contributed by atoms with Crippen molar-refractivity contribution < 1.29 is 42.9 Å². The third-order valence-electron chi connectivity index (χ3n) is 16.0. The summed E-state index contributed by atoms with van der Waals surface area (Å²) in [7, 11) is 0.